The average Bonchev–Trinajstić information content (AvgIpc) is 3.17. The molecule has 0 bridgehead atoms. The molecule has 0 N–H and O–H groups in total. The highest BCUT2D eigenvalue weighted by Gasteiger charge is 2.18. The van der Waals surface area contributed by atoms with Crippen LogP contribution in [0.25, 0.3) is 22.1 Å². The molecule has 0 aliphatic carbocycles. The van der Waals surface area contributed by atoms with Crippen molar-refractivity contribution in [2.45, 2.75) is 0 Å². The van der Waals surface area contributed by atoms with Crippen molar-refractivity contribution in [2.24, 2.45) is 0 Å². The van der Waals surface area contributed by atoms with Crippen molar-refractivity contribution < 1.29 is 14.1 Å². The molecule has 0 atom stereocenters. The smallest absolute Gasteiger partial charge is 0.215 e. The number of pyridine rings is 1. The molecule has 25 heavy (non-hydrogen) atoms. The first kappa shape index (κ1) is 15.1. The minimum Gasteiger partial charge on any atom is -0.495 e. The maximum atomic E-state index is 12.5. The molecule has 4 aromatic rings. The van der Waals surface area contributed by atoms with Crippen LogP contribution in [-0.4, -0.2) is 23.0 Å². The second-order valence-corrected chi connectivity index (χ2v) is 5.51. The van der Waals surface area contributed by atoms with E-state index in [1.54, 1.807) is 37.7 Å². The number of methoxy groups -OCH3 is 1. The lowest BCUT2D eigenvalue weighted by Gasteiger charge is -2.09. The van der Waals surface area contributed by atoms with E-state index in [0.717, 1.165) is 16.3 Å². The Morgan fingerprint density at radius 3 is 2.64 bits per heavy atom. The molecule has 122 valence electrons. The Kier molecular flexibility index (Phi) is 3.74. The first-order chi connectivity index (χ1) is 12.3. The Labute approximate surface area is 143 Å². The summed E-state index contributed by atoms with van der Waals surface area (Å²) >= 11 is 0. The van der Waals surface area contributed by atoms with E-state index in [1.165, 1.54) is 0 Å². The number of fused-ring (bicyclic) bond motifs is 1. The van der Waals surface area contributed by atoms with Gasteiger partial charge in [-0.15, -0.1) is 0 Å². The van der Waals surface area contributed by atoms with Gasteiger partial charge in [-0.05, 0) is 23.6 Å². The third kappa shape index (κ3) is 2.65. The number of ether oxygens (including phenoxy) is 1. The van der Waals surface area contributed by atoms with Gasteiger partial charge in [0, 0.05) is 29.4 Å². The first-order valence-corrected chi connectivity index (χ1v) is 7.75. The fourth-order valence-electron chi connectivity index (χ4n) is 2.82. The summed E-state index contributed by atoms with van der Waals surface area (Å²) in [6.45, 7) is 0. The highest BCUT2D eigenvalue weighted by atomic mass is 16.5. The summed E-state index contributed by atoms with van der Waals surface area (Å²) in [5, 5.41) is 5.96. The Morgan fingerprint density at radius 2 is 1.84 bits per heavy atom. The van der Waals surface area contributed by atoms with Crippen molar-refractivity contribution in [3.05, 3.63) is 78.2 Å². The minimum atomic E-state index is -0.211. The molecule has 0 aliphatic rings. The molecule has 2 aromatic carbocycles. The van der Waals surface area contributed by atoms with E-state index in [9.17, 15) is 4.79 Å². The van der Waals surface area contributed by atoms with Gasteiger partial charge in [0.1, 0.15) is 5.75 Å². The number of hydrogen-bond donors (Lipinski definition) is 0. The van der Waals surface area contributed by atoms with E-state index in [4.69, 9.17) is 9.26 Å². The first-order valence-electron chi connectivity index (χ1n) is 7.75. The third-order valence-corrected chi connectivity index (χ3v) is 4.03. The molecular weight excluding hydrogens is 316 g/mol. The number of rotatable bonds is 4. The number of carbonyl (C=O) groups excluding carboxylic acids is 1. The van der Waals surface area contributed by atoms with Gasteiger partial charge in [0.15, 0.2) is 11.5 Å². The summed E-state index contributed by atoms with van der Waals surface area (Å²) < 4.78 is 11.0. The van der Waals surface area contributed by atoms with Crippen LogP contribution in [0.2, 0.25) is 0 Å². The number of ketones is 1. The van der Waals surface area contributed by atoms with E-state index < -0.39 is 0 Å². The van der Waals surface area contributed by atoms with Crippen LogP contribution < -0.4 is 4.74 Å². The van der Waals surface area contributed by atoms with E-state index >= 15 is 0 Å². The highest BCUT2D eigenvalue weighted by Crippen LogP contribution is 2.37. The van der Waals surface area contributed by atoms with Crippen molar-refractivity contribution in [3.63, 3.8) is 0 Å². The molecule has 0 unspecified atom stereocenters. The summed E-state index contributed by atoms with van der Waals surface area (Å²) in [5.41, 5.74) is 1.51. The van der Waals surface area contributed by atoms with Crippen molar-refractivity contribution in [1.82, 2.24) is 10.1 Å². The number of benzene rings is 2. The summed E-state index contributed by atoms with van der Waals surface area (Å²) in [5.74, 6) is 0.967. The SMILES string of the molecule is COc1c(-c2cc(C(=O)c3ccncc3)no2)ccc2ccccc12. The second-order valence-electron chi connectivity index (χ2n) is 5.51. The van der Waals surface area contributed by atoms with E-state index in [2.05, 4.69) is 10.1 Å². The Morgan fingerprint density at radius 1 is 1.04 bits per heavy atom. The zero-order valence-electron chi connectivity index (χ0n) is 13.5. The molecule has 0 fully saturated rings. The summed E-state index contributed by atoms with van der Waals surface area (Å²) in [4.78, 5) is 16.4. The van der Waals surface area contributed by atoms with Gasteiger partial charge in [-0.1, -0.05) is 35.5 Å². The molecule has 0 amide bonds. The third-order valence-electron chi connectivity index (χ3n) is 4.03. The Bertz CT molecular complexity index is 1050. The molecule has 0 saturated carbocycles. The van der Waals surface area contributed by atoms with Crippen LogP contribution in [0.4, 0.5) is 0 Å². The van der Waals surface area contributed by atoms with E-state index in [-0.39, 0.29) is 11.5 Å². The number of nitrogens with zero attached hydrogens (tertiary/aromatic N) is 2. The second kappa shape index (κ2) is 6.20. The largest absolute Gasteiger partial charge is 0.495 e. The van der Waals surface area contributed by atoms with E-state index in [1.807, 2.05) is 36.4 Å². The Balaban J connectivity index is 1.78. The molecule has 5 nitrogen and oxygen atoms in total. The normalized spacial score (nSPS) is 10.8. The molecule has 2 aromatic heterocycles. The lowest BCUT2D eigenvalue weighted by Crippen LogP contribution is -2.01. The van der Waals surface area contributed by atoms with Crippen LogP contribution in [0.5, 0.6) is 5.75 Å². The van der Waals surface area contributed by atoms with Crippen molar-refractivity contribution in [3.8, 4) is 17.1 Å². The van der Waals surface area contributed by atoms with Crippen LogP contribution in [0.15, 0.2) is 71.5 Å². The topological polar surface area (TPSA) is 65.2 Å². The molecule has 4 rings (SSSR count). The molecule has 2 heterocycles. The zero-order chi connectivity index (χ0) is 17.2. The van der Waals surface area contributed by atoms with Crippen molar-refractivity contribution in [1.29, 1.82) is 0 Å². The van der Waals surface area contributed by atoms with Gasteiger partial charge < -0.3 is 9.26 Å². The fraction of sp³-hybridized carbons (Fsp3) is 0.0500. The molecule has 0 radical (unpaired) electrons. The number of aromatic nitrogens is 2. The van der Waals surface area contributed by atoms with Crippen LogP contribution in [0.1, 0.15) is 16.1 Å². The van der Waals surface area contributed by atoms with Crippen molar-refractivity contribution >= 4 is 16.6 Å². The van der Waals surface area contributed by atoms with Gasteiger partial charge in [-0.2, -0.15) is 0 Å². The molecule has 0 aliphatic heterocycles. The van der Waals surface area contributed by atoms with Gasteiger partial charge in [0.2, 0.25) is 5.78 Å². The summed E-state index contributed by atoms with van der Waals surface area (Å²) in [7, 11) is 1.62. The monoisotopic (exact) mass is 330 g/mol. The number of carbonyl (C=O) groups is 1. The van der Waals surface area contributed by atoms with Crippen LogP contribution in [-0.2, 0) is 0 Å². The van der Waals surface area contributed by atoms with Gasteiger partial charge >= 0.3 is 0 Å². The highest BCUT2D eigenvalue weighted by molar-refractivity contribution is 6.08. The zero-order valence-corrected chi connectivity index (χ0v) is 13.5. The summed E-state index contributed by atoms with van der Waals surface area (Å²) in [6.07, 6.45) is 3.14. The van der Waals surface area contributed by atoms with Crippen molar-refractivity contribution in [2.75, 3.05) is 7.11 Å². The van der Waals surface area contributed by atoms with E-state index in [0.29, 0.717) is 17.1 Å². The van der Waals surface area contributed by atoms with Gasteiger partial charge in [0.05, 0.1) is 12.7 Å². The maximum Gasteiger partial charge on any atom is 0.215 e. The lowest BCUT2D eigenvalue weighted by molar-refractivity contribution is 0.103. The number of hydrogen-bond acceptors (Lipinski definition) is 5. The Hall–Kier alpha value is -3.47. The molecule has 0 spiro atoms. The van der Waals surface area contributed by atoms with Gasteiger partial charge in [-0.25, -0.2) is 0 Å². The predicted octanol–water partition coefficient (Wildman–Crippen LogP) is 4.13. The van der Waals surface area contributed by atoms with Gasteiger partial charge in [0.25, 0.3) is 0 Å². The quantitative estimate of drug-likeness (QED) is 0.526. The lowest BCUT2D eigenvalue weighted by atomic mass is 10.0. The average molecular weight is 330 g/mol. The predicted molar refractivity (Wildman–Crippen MR) is 93.7 cm³/mol. The van der Waals surface area contributed by atoms with Crippen LogP contribution in [0, 0.1) is 0 Å². The molecular formula is C20H14N2O3. The van der Waals surface area contributed by atoms with Gasteiger partial charge in [-0.3, -0.25) is 9.78 Å². The molecule has 5 heteroatoms. The van der Waals surface area contributed by atoms with Crippen LogP contribution in [0.3, 0.4) is 0 Å². The summed E-state index contributed by atoms with van der Waals surface area (Å²) in [6, 6.07) is 16.7. The van der Waals surface area contributed by atoms with Crippen LogP contribution >= 0.6 is 0 Å². The fourth-order valence-corrected chi connectivity index (χ4v) is 2.82. The standard InChI is InChI=1S/C20H14N2O3/c1-24-20-15-5-3-2-4-13(15)6-7-16(20)18-12-17(22-25-18)19(23)14-8-10-21-11-9-14/h2-12H,1H3. The minimum absolute atomic E-state index is 0.211. The maximum absolute atomic E-state index is 12.5. The molecule has 0 saturated heterocycles.